The second-order valence-electron chi connectivity index (χ2n) is 3.85. The summed E-state index contributed by atoms with van der Waals surface area (Å²) in [6.45, 7) is 3.85. The highest BCUT2D eigenvalue weighted by atomic mass is 16.4. The normalized spacial score (nSPS) is 15.1. The molecule has 80 valence electrons. The molecule has 1 N–H and O–H groups in total. The van der Waals surface area contributed by atoms with E-state index in [0.29, 0.717) is 0 Å². The second-order valence-corrected chi connectivity index (χ2v) is 3.85. The van der Waals surface area contributed by atoms with Gasteiger partial charge in [0.15, 0.2) is 0 Å². The minimum absolute atomic E-state index is 0.112. The zero-order valence-electron chi connectivity index (χ0n) is 9.10. The summed E-state index contributed by atoms with van der Waals surface area (Å²) in [5, 5.41) is 8.90. The molecule has 0 unspecified atom stereocenters. The summed E-state index contributed by atoms with van der Waals surface area (Å²) in [5.41, 5.74) is 0.618. The van der Waals surface area contributed by atoms with Crippen molar-refractivity contribution < 1.29 is 9.90 Å². The molecule has 0 aromatic heterocycles. The summed E-state index contributed by atoms with van der Waals surface area (Å²) in [6.07, 6.45) is 3.95. The average molecular weight is 204 g/mol. The minimum atomic E-state index is -0.778. The van der Waals surface area contributed by atoms with Gasteiger partial charge in [0.25, 0.3) is 0 Å². The Morgan fingerprint density at radius 1 is 1.40 bits per heavy atom. The molecule has 0 spiro atoms. The first-order chi connectivity index (χ1) is 7.08. The van der Waals surface area contributed by atoms with Crippen LogP contribution in [0.3, 0.4) is 0 Å². The third-order valence-electron chi connectivity index (χ3n) is 2.49. The Kier molecular flexibility index (Phi) is 3.67. The summed E-state index contributed by atoms with van der Waals surface area (Å²) in [5.74, 6) is -0.778. The van der Waals surface area contributed by atoms with E-state index in [0.717, 1.165) is 5.56 Å². The van der Waals surface area contributed by atoms with Gasteiger partial charge in [-0.1, -0.05) is 49.4 Å². The van der Waals surface area contributed by atoms with Crippen LogP contribution in [-0.4, -0.2) is 11.1 Å². The molecular weight excluding hydrogens is 188 g/mol. The van der Waals surface area contributed by atoms with Gasteiger partial charge in [-0.25, -0.2) is 0 Å². The first kappa shape index (κ1) is 11.5. The van der Waals surface area contributed by atoms with Crippen molar-refractivity contribution >= 4 is 5.97 Å². The molecule has 0 aliphatic rings. The standard InChI is InChI=1S/C13H16O2/c1-3-9-13(2,10-12(14)15)11-7-5-4-6-8-11/h3-9H,10H2,1-2H3,(H,14,15)/b9-3+/t13-/m1/s1. The van der Waals surface area contributed by atoms with Gasteiger partial charge >= 0.3 is 5.97 Å². The van der Waals surface area contributed by atoms with Gasteiger partial charge in [-0.2, -0.15) is 0 Å². The number of rotatable bonds is 4. The Balaban J connectivity index is 3.06. The number of carbonyl (C=O) groups is 1. The van der Waals surface area contributed by atoms with Crippen molar-refractivity contribution in [1.29, 1.82) is 0 Å². The fourth-order valence-electron chi connectivity index (χ4n) is 1.76. The Morgan fingerprint density at radius 3 is 2.47 bits per heavy atom. The zero-order valence-corrected chi connectivity index (χ0v) is 9.10. The van der Waals surface area contributed by atoms with Crippen LogP contribution in [0.2, 0.25) is 0 Å². The highest BCUT2D eigenvalue weighted by Crippen LogP contribution is 2.29. The quantitative estimate of drug-likeness (QED) is 0.765. The largest absolute Gasteiger partial charge is 0.481 e. The number of carboxylic acids is 1. The van der Waals surface area contributed by atoms with Crippen LogP contribution >= 0.6 is 0 Å². The van der Waals surface area contributed by atoms with Crippen LogP contribution in [-0.2, 0) is 10.2 Å². The third kappa shape index (κ3) is 2.94. The van der Waals surface area contributed by atoms with Crippen molar-refractivity contribution in [1.82, 2.24) is 0 Å². The summed E-state index contributed by atoms with van der Waals surface area (Å²) >= 11 is 0. The van der Waals surface area contributed by atoms with E-state index >= 15 is 0 Å². The second kappa shape index (κ2) is 4.78. The molecule has 0 aliphatic carbocycles. The van der Waals surface area contributed by atoms with Crippen LogP contribution in [0.25, 0.3) is 0 Å². The molecule has 1 aromatic rings. The zero-order chi connectivity index (χ0) is 11.3. The Bertz CT molecular complexity index is 354. The van der Waals surface area contributed by atoms with Gasteiger partial charge in [0.2, 0.25) is 0 Å². The van der Waals surface area contributed by atoms with Crippen molar-refractivity contribution in [3.63, 3.8) is 0 Å². The monoisotopic (exact) mass is 204 g/mol. The molecule has 0 amide bonds. The van der Waals surface area contributed by atoms with Crippen molar-refractivity contribution in [2.75, 3.05) is 0 Å². The molecule has 2 heteroatoms. The summed E-state index contributed by atoms with van der Waals surface area (Å²) in [6, 6.07) is 9.71. The SMILES string of the molecule is C/C=C/[C@](C)(CC(=O)O)c1ccccc1. The smallest absolute Gasteiger partial charge is 0.304 e. The van der Waals surface area contributed by atoms with Crippen LogP contribution < -0.4 is 0 Å². The van der Waals surface area contributed by atoms with E-state index < -0.39 is 11.4 Å². The fourth-order valence-corrected chi connectivity index (χ4v) is 1.76. The molecule has 2 nitrogen and oxygen atoms in total. The number of benzene rings is 1. The third-order valence-corrected chi connectivity index (χ3v) is 2.49. The molecule has 0 radical (unpaired) electrons. The summed E-state index contributed by atoms with van der Waals surface area (Å²) in [4.78, 5) is 10.8. The number of hydrogen-bond donors (Lipinski definition) is 1. The van der Waals surface area contributed by atoms with E-state index in [2.05, 4.69) is 0 Å². The van der Waals surface area contributed by atoms with Gasteiger partial charge in [-0.05, 0) is 12.5 Å². The molecule has 0 saturated carbocycles. The fraction of sp³-hybridized carbons (Fsp3) is 0.308. The number of aliphatic carboxylic acids is 1. The van der Waals surface area contributed by atoms with Crippen molar-refractivity contribution in [2.45, 2.75) is 25.7 Å². The van der Waals surface area contributed by atoms with Crippen LogP contribution in [0.1, 0.15) is 25.8 Å². The van der Waals surface area contributed by atoms with E-state index in [-0.39, 0.29) is 6.42 Å². The first-order valence-corrected chi connectivity index (χ1v) is 4.99. The van der Waals surface area contributed by atoms with Crippen LogP contribution in [0.4, 0.5) is 0 Å². The van der Waals surface area contributed by atoms with Crippen LogP contribution in [0, 0.1) is 0 Å². The van der Waals surface area contributed by atoms with E-state index in [1.54, 1.807) is 0 Å². The van der Waals surface area contributed by atoms with Gasteiger partial charge in [0.05, 0.1) is 6.42 Å². The van der Waals surface area contributed by atoms with E-state index in [1.807, 2.05) is 56.3 Å². The number of hydrogen-bond acceptors (Lipinski definition) is 1. The van der Waals surface area contributed by atoms with Gasteiger partial charge in [-0.15, -0.1) is 0 Å². The molecule has 0 bridgehead atoms. The van der Waals surface area contributed by atoms with E-state index in [9.17, 15) is 4.79 Å². The Morgan fingerprint density at radius 2 is 2.00 bits per heavy atom. The maximum absolute atomic E-state index is 10.8. The summed E-state index contributed by atoms with van der Waals surface area (Å²) < 4.78 is 0. The van der Waals surface area contributed by atoms with Gasteiger partial charge < -0.3 is 5.11 Å². The van der Waals surface area contributed by atoms with Crippen LogP contribution in [0.15, 0.2) is 42.5 Å². The lowest BCUT2D eigenvalue weighted by Gasteiger charge is -2.24. The van der Waals surface area contributed by atoms with Gasteiger partial charge in [0.1, 0.15) is 0 Å². The molecule has 1 rings (SSSR count). The molecular formula is C13H16O2. The number of allylic oxidation sites excluding steroid dienone is 2. The van der Waals surface area contributed by atoms with Gasteiger partial charge in [0, 0.05) is 5.41 Å². The molecule has 0 aliphatic heterocycles. The predicted molar refractivity (Wildman–Crippen MR) is 60.9 cm³/mol. The molecule has 15 heavy (non-hydrogen) atoms. The lowest BCUT2D eigenvalue weighted by Crippen LogP contribution is -2.23. The van der Waals surface area contributed by atoms with Crippen molar-refractivity contribution in [3.8, 4) is 0 Å². The predicted octanol–water partition coefficient (Wildman–Crippen LogP) is 3.00. The maximum Gasteiger partial charge on any atom is 0.304 e. The Hall–Kier alpha value is -1.57. The lowest BCUT2D eigenvalue weighted by molar-refractivity contribution is -0.137. The van der Waals surface area contributed by atoms with Crippen molar-refractivity contribution in [2.24, 2.45) is 0 Å². The lowest BCUT2D eigenvalue weighted by atomic mass is 9.79. The Labute approximate surface area is 90.3 Å². The average Bonchev–Trinajstić information content (AvgIpc) is 2.18. The number of carboxylic acid groups (broad SMARTS) is 1. The van der Waals surface area contributed by atoms with E-state index in [1.165, 1.54) is 0 Å². The minimum Gasteiger partial charge on any atom is -0.481 e. The van der Waals surface area contributed by atoms with E-state index in [4.69, 9.17) is 5.11 Å². The topological polar surface area (TPSA) is 37.3 Å². The molecule has 1 atom stereocenters. The first-order valence-electron chi connectivity index (χ1n) is 4.99. The molecule has 0 saturated heterocycles. The van der Waals surface area contributed by atoms with Crippen molar-refractivity contribution in [3.05, 3.63) is 48.0 Å². The van der Waals surface area contributed by atoms with Crippen LogP contribution in [0.5, 0.6) is 0 Å². The highest BCUT2D eigenvalue weighted by Gasteiger charge is 2.26. The summed E-state index contributed by atoms with van der Waals surface area (Å²) in [7, 11) is 0. The molecule has 0 fully saturated rings. The molecule has 0 heterocycles. The molecule has 1 aromatic carbocycles. The maximum atomic E-state index is 10.8. The van der Waals surface area contributed by atoms with Gasteiger partial charge in [-0.3, -0.25) is 4.79 Å². The highest BCUT2D eigenvalue weighted by molar-refractivity contribution is 5.69.